The molecule has 0 fully saturated rings. The van der Waals surface area contributed by atoms with Gasteiger partial charge in [-0.2, -0.15) is 5.10 Å². The van der Waals surface area contributed by atoms with Gasteiger partial charge < -0.3 is 10.4 Å². The number of anilines is 1. The lowest BCUT2D eigenvalue weighted by Crippen LogP contribution is -2.25. The third-order valence-corrected chi connectivity index (χ3v) is 3.01. The molecule has 0 radical (unpaired) electrons. The van der Waals surface area contributed by atoms with Crippen LogP contribution in [0, 0.1) is 6.92 Å². The Bertz CT molecular complexity index is 479. The van der Waals surface area contributed by atoms with Gasteiger partial charge in [-0.15, -0.1) is 0 Å². The first-order chi connectivity index (χ1) is 8.66. The van der Waals surface area contributed by atoms with E-state index < -0.39 is 6.10 Å². The maximum absolute atomic E-state index is 9.90. The third-order valence-electron chi connectivity index (χ3n) is 2.69. The summed E-state index contributed by atoms with van der Waals surface area (Å²) < 4.78 is 1.70. The normalized spacial score (nSPS) is 12.4. The summed E-state index contributed by atoms with van der Waals surface area (Å²) in [5, 5.41) is 17.8. The predicted octanol–water partition coefficient (Wildman–Crippen LogP) is 2.32. The average molecular weight is 266 g/mol. The molecule has 1 aromatic carbocycles. The Kier molecular flexibility index (Phi) is 4.23. The van der Waals surface area contributed by atoms with E-state index in [0.29, 0.717) is 18.1 Å². The van der Waals surface area contributed by atoms with Crippen LogP contribution in [0.2, 0.25) is 5.02 Å². The van der Waals surface area contributed by atoms with Gasteiger partial charge in [-0.25, -0.2) is 0 Å². The fraction of sp³-hybridized carbons (Fsp3) is 0.308. The highest BCUT2D eigenvalue weighted by Crippen LogP contribution is 2.24. The van der Waals surface area contributed by atoms with E-state index in [1.165, 1.54) is 0 Å². The fourth-order valence-corrected chi connectivity index (χ4v) is 2.05. The zero-order chi connectivity index (χ0) is 13.0. The number of hydrogen-bond acceptors (Lipinski definition) is 3. The van der Waals surface area contributed by atoms with Crippen LogP contribution in [0.5, 0.6) is 0 Å². The van der Waals surface area contributed by atoms with Crippen molar-refractivity contribution in [3.05, 3.63) is 47.2 Å². The Morgan fingerprint density at radius 1 is 1.44 bits per heavy atom. The number of hydrogen-bond donors (Lipinski definition) is 2. The van der Waals surface area contributed by atoms with Crippen LogP contribution < -0.4 is 5.32 Å². The lowest BCUT2D eigenvalue weighted by atomic mass is 10.2. The number of aliphatic hydroxyl groups is 1. The summed E-state index contributed by atoms with van der Waals surface area (Å²) in [5.41, 5.74) is 1.94. The number of aromatic nitrogens is 2. The lowest BCUT2D eigenvalue weighted by molar-refractivity contribution is 0.161. The molecule has 0 saturated carbocycles. The Balaban J connectivity index is 1.91. The first-order valence-corrected chi connectivity index (χ1v) is 6.19. The van der Waals surface area contributed by atoms with Crippen molar-refractivity contribution in [1.29, 1.82) is 0 Å². The number of aliphatic hydroxyl groups excluding tert-OH is 1. The van der Waals surface area contributed by atoms with Gasteiger partial charge in [-0.1, -0.05) is 23.7 Å². The second kappa shape index (κ2) is 5.89. The molecular weight excluding hydrogens is 250 g/mol. The summed E-state index contributed by atoms with van der Waals surface area (Å²) in [6, 6.07) is 7.55. The fourth-order valence-electron chi connectivity index (χ4n) is 1.76. The quantitative estimate of drug-likeness (QED) is 0.872. The smallest absolute Gasteiger partial charge is 0.0907 e. The van der Waals surface area contributed by atoms with Crippen LogP contribution in [0.25, 0.3) is 0 Å². The molecule has 0 bridgehead atoms. The van der Waals surface area contributed by atoms with E-state index in [9.17, 15) is 5.11 Å². The van der Waals surface area contributed by atoms with Crippen molar-refractivity contribution in [2.45, 2.75) is 19.6 Å². The van der Waals surface area contributed by atoms with E-state index in [0.717, 1.165) is 11.3 Å². The number of nitrogens with one attached hydrogen (secondary N) is 1. The van der Waals surface area contributed by atoms with E-state index in [-0.39, 0.29) is 0 Å². The van der Waals surface area contributed by atoms with Gasteiger partial charge in [0, 0.05) is 18.9 Å². The zero-order valence-electron chi connectivity index (χ0n) is 10.2. The van der Waals surface area contributed by atoms with Gasteiger partial charge in [0.1, 0.15) is 0 Å². The molecule has 4 nitrogen and oxygen atoms in total. The van der Waals surface area contributed by atoms with E-state index >= 15 is 0 Å². The highest BCUT2D eigenvalue weighted by atomic mass is 35.5. The molecule has 2 aromatic rings. The Hall–Kier alpha value is -1.52. The number of aryl methyl sites for hydroxylation is 1. The molecule has 2 N–H and O–H groups in total. The van der Waals surface area contributed by atoms with Crippen molar-refractivity contribution in [3.8, 4) is 0 Å². The van der Waals surface area contributed by atoms with Crippen molar-refractivity contribution < 1.29 is 5.11 Å². The zero-order valence-corrected chi connectivity index (χ0v) is 10.9. The van der Waals surface area contributed by atoms with Gasteiger partial charge in [0.2, 0.25) is 0 Å². The molecule has 1 aromatic heterocycles. The first-order valence-electron chi connectivity index (χ1n) is 5.81. The van der Waals surface area contributed by atoms with E-state index in [2.05, 4.69) is 10.4 Å². The summed E-state index contributed by atoms with van der Waals surface area (Å²) >= 11 is 6.09. The second-order valence-corrected chi connectivity index (χ2v) is 4.60. The molecule has 0 aliphatic heterocycles. The monoisotopic (exact) mass is 265 g/mol. The molecule has 0 saturated heterocycles. The average Bonchev–Trinajstić information content (AvgIpc) is 2.81. The molecule has 0 amide bonds. The maximum atomic E-state index is 9.90. The van der Waals surface area contributed by atoms with Crippen LogP contribution >= 0.6 is 11.6 Å². The topological polar surface area (TPSA) is 50.1 Å². The number of halogens is 1. The minimum absolute atomic E-state index is 0.435. The van der Waals surface area contributed by atoms with Crippen molar-refractivity contribution in [3.63, 3.8) is 0 Å². The summed E-state index contributed by atoms with van der Waals surface area (Å²) in [4.78, 5) is 0. The van der Waals surface area contributed by atoms with Crippen molar-refractivity contribution in [1.82, 2.24) is 9.78 Å². The van der Waals surface area contributed by atoms with Crippen LogP contribution in [0.3, 0.4) is 0 Å². The Labute approximate surface area is 111 Å². The molecule has 1 atom stereocenters. The van der Waals surface area contributed by atoms with Gasteiger partial charge >= 0.3 is 0 Å². The van der Waals surface area contributed by atoms with Crippen LogP contribution in [-0.4, -0.2) is 27.5 Å². The van der Waals surface area contributed by atoms with Gasteiger partial charge in [0.15, 0.2) is 0 Å². The van der Waals surface area contributed by atoms with Crippen molar-refractivity contribution in [2.75, 3.05) is 11.9 Å². The molecule has 5 heteroatoms. The van der Waals surface area contributed by atoms with Gasteiger partial charge in [-0.3, -0.25) is 4.68 Å². The van der Waals surface area contributed by atoms with Crippen molar-refractivity contribution >= 4 is 17.3 Å². The lowest BCUT2D eigenvalue weighted by Gasteiger charge is -2.15. The number of benzene rings is 1. The molecule has 1 unspecified atom stereocenters. The summed E-state index contributed by atoms with van der Waals surface area (Å²) in [5.74, 6) is 0. The second-order valence-electron chi connectivity index (χ2n) is 4.19. The van der Waals surface area contributed by atoms with Crippen LogP contribution in [0.4, 0.5) is 5.69 Å². The maximum Gasteiger partial charge on any atom is 0.0907 e. The molecule has 18 heavy (non-hydrogen) atoms. The minimum Gasteiger partial charge on any atom is -0.389 e. The number of rotatable bonds is 5. The first kappa shape index (κ1) is 12.9. The summed E-state index contributed by atoms with van der Waals surface area (Å²) in [6.45, 7) is 2.88. The Morgan fingerprint density at radius 3 is 2.94 bits per heavy atom. The SMILES string of the molecule is Cc1cccc(Cl)c1NCC(O)Cn1cccn1. The molecule has 0 spiro atoms. The van der Waals surface area contributed by atoms with Gasteiger partial charge in [-0.05, 0) is 24.6 Å². The summed E-state index contributed by atoms with van der Waals surface area (Å²) in [6.07, 6.45) is 3.00. The third kappa shape index (κ3) is 3.24. The van der Waals surface area contributed by atoms with Gasteiger partial charge in [0.05, 0.1) is 23.4 Å². The van der Waals surface area contributed by atoms with Crippen molar-refractivity contribution in [2.24, 2.45) is 0 Å². The highest BCUT2D eigenvalue weighted by Gasteiger charge is 2.08. The van der Waals surface area contributed by atoms with Gasteiger partial charge in [0.25, 0.3) is 0 Å². The molecular formula is C13H16ClN3O. The van der Waals surface area contributed by atoms with E-state index in [1.807, 2.05) is 37.4 Å². The summed E-state index contributed by atoms with van der Waals surface area (Å²) in [7, 11) is 0. The number of nitrogens with zero attached hydrogens (tertiary/aromatic N) is 2. The van der Waals surface area contributed by atoms with E-state index in [1.54, 1.807) is 10.9 Å². The standard InChI is InChI=1S/C13H16ClN3O/c1-10-4-2-5-12(14)13(10)15-8-11(18)9-17-7-3-6-16-17/h2-7,11,15,18H,8-9H2,1H3. The Morgan fingerprint density at radius 2 is 2.28 bits per heavy atom. The molecule has 0 aliphatic rings. The van der Waals surface area contributed by atoms with Crippen LogP contribution in [0.15, 0.2) is 36.7 Å². The van der Waals surface area contributed by atoms with Crippen LogP contribution in [0.1, 0.15) is 5.56 Å². The molecule has 1 heterocycles. The van der Waals surface area contributed by atoms with Crippen LogP contribution in [-0.2, 0) is 6.54 Å². The predicted molar refractivity (Wildman–Crippen MR) is 72.9 cm³/mol. The molecule has 96 valence electrons. The largest absolute Gasteiger partial charge is 0.389 e. The minimum atomic E-state index is -0.513. The van der Waals surface area contributed by atoms with E-state index in [4.69, 9.17) is 11.6 Å². The number of para-hydroxylation sites is 1. The molecule has 0 aliphatic carbocycles. The molecule has 2 rings (SSSR count). The highest BCUT2D eigenvalue weighted by molar-refractivity contribution is 6.33.